The third-order valence-electron chi connectivity index (χ3n) is 4.43. The highest BCUT2D eigenvalue weighted by molar-refractivity contribution is 5.96. The number of carbonyl (C=O) groups is 2. The number of anilines is 1. The molecule has 7 nitrogen and oxygen atoms in total. The van der Waals surface area contributed by atoms with Crippen molar-refractivity contribution in [3.05, 3.63) is 23.9 Å². The van der Waals surface area contributed by atoms with Gasteiger partial charge in [0, 0.05) is 38.9 Å². The molecule has 3 amide bonds. The zero-order valence-corrected chi connectivity index (χ0v) is 15.3. The van der Waals surface area contributed by atoms with Gasteiger partial charge in [-0.05, 0) is 32.4 Å². The van der Waals surface area contributed by atoms with Crippen LogP contribution in [0.1, 0.15) is 25.8 Å². The molecule has 0 saturated carbocycles. The Morgan fingerprint density at radius 3 is 2.56 bits per heavy atom. The van der Waals surface area contributed by atoms with Gasteiger partial charge in [0.2, 0.25) is 5.91 Å². The lowest BCUT2D eigenvalue weighted by Gasteiger charge is -2.27. The summed E-state index contributed by atoms with van der Waals surface area (Å²) >= 11 is 0. The van der Waals surface area contributed by atoms with E-state index in [9.17, 15) is 22.8 Å². The van der Waals surface area contributed by atoms with Gasteiger partial charge in [-0.3, -0.25) is 15.0 Å². The monoisotopic (exact) mass is 387 g/mol. The van der Waals surface area contributed by atoms with Crippen LogP contribution in [0.2, 0.25) is 0 Å². The fourth-order valence-corrected chi connectivity index (χ4v) is 2.88. The predicted octanol–water partition coefficient (Wildman–Crippen LogP) is 1.85. The number of nitrogens with zero attached hydrogens (tertiary/aromatic N) is 3. The number of urea groups is 1. The Kier molecular flexibility index (Phi) is 7.00. The largest absolute Gasteiger partial charge is 0.417 e. The van der Waals surface area contributed by atoms with Crippen LogP contribution in [-0.2, 0) is 11.0 Å². The van der Waals surface area contributed by atoms with E-state index >= 15 is 0 Å². The van der Waals surface area contributed by atoms with Crippen molar-refractivity contribution in [3.8, 4) is 0 Å². The highest BCUT2D eigenvalue weighted by atomic mass is 19.4. The number of nitrogens with one attached hydrogen (secondary N) is 2. The zero-order valence-electron chi connectivity index (χ0n) is 15.3. The van der Waals surface area contributed by atoms with Gasteiger partial charge >= 0.3 is 12.2 Å². The van der Waals surface area contributed by atoms with Crippen molar-refractivity contribution in [1.82, 2.24) is 20.5 Å². The summed E-state index contributed by atoms with van der Waals surface area (Å²) < 4.78 is 38.0. The van der Waals surface area contributed by atoms with E-state index in [0.717, 1.165) is 18.7 Å². The van der Waals surface area contributed by atoms with E-state index in [4.69, 9.17) is 0 Å². The summed E-state index contributed by atoms with van der Waals surface area (Å²) in [6.45, 7) is 6.23. The standard InChI is InChI=1S/C17H24F3N5O2/c1-3-21-16(27)23-15(26)12(2)24-7-4-8-25(10-9-24)14-6-5-13(11-22-14)17(18,19)20/h5-6,11-12H,3-4,7-10H2,1-2H3,(H2,21,23,26,27)/t12-/m1/s1. The number of rotatable bonds is 4. The topological polar surface area (TPSA) is 77.6 Å². The van der Waals surface area contributed by atoms with Crippen molar-refractivity contribution in [2.45, 2.75) is 32.5 Å². The first-order chi connectivity index (χ1) is 12.7. The zero-order chi connectivity index (χ0) is 20.0. The van der Waals surface area contributed by atoms with Crippen molar-refractivity contribution >= 4 is 17.8 Å². The summed E-state index contributed by atoms with van der Waals surface area (Å²) in [6, 6.07) is 1.37. The molecule has 150 valence electrons. The Labute approximate surface area is 155 Å². The van der Waals surface area contributed by atoms with E-state index in [1.54, 1.807) is 13.8 Å². The normalized spacial score (nSPS) is 17.1. The van der Waals surface area contributed by atoms with Gasteiger partial charge < -0.3 is 10.2 Å². The molecule has 1 fully saturated rings. The molecular weight excluding hydrogens is 363 g/mol. The average Bonchev–Trinajstić information content (AvgIpc) is 2.86. The molecule has 2 rings (SSSR count). The molecule has 0 aromatic carbocycles. The molecule has 1 atom stereocenters. The van der Waals surface area contributed by atoms with Crippen molar-refractivity contribution in [2.24, 2.45) is 0 Å². The Balaban J connectivity index is 1.94. The van der Waals surface area contributed by atoms with E-state index < -0.39 is 23.8 Å². The predicted molar refractivity (Wildman–Crippen MR) is 94.3 cm³/mol. The van der Waals surface area contributed by atoms with Gasteiger partial charge in [-0.1, -0.05) is 0 Å². The number of hydrogen-bond donors (Lipinski definition) is 2. The van der Waals surface area contributed by atoms with E-state index in [0.29, 0.717) is 38.5 Å². The summed E-state index contributed by atoms with van der Waals surface area (Å²) in [5, 5.41) is 4.80. The molecule has 1 saturated heterocycles. The third kappa shape index (κ3) is 5.81. The molecule has 1 aromatic rings. The van der Waals surface area contributed by atoms with Gasteiger partial charge in [0.25, 0.3) is 0 Å². The molecule has 27 heavy (non-hydrogen) atoms. The molecule has 0 aliphatic carbocycles. The highest BCUT2D eigenvalue weighted by Crippen LogP contribution is 2.29. The van der Waals surface area contributed by atoms with Crippen LogP contribution in [0.4, 0.5) is 23.8 Å². The minimum Gasteiger partial charge on any atom is -0.355 e. The molecule has 0 radical (unpaired) electrons. The first kappa shape index (κ1) is 20.9. The lowest BCUT2D eigenvalue weighted by Crippen LogP contribution is -2.50. The molecule has 0 bridgehead atoms. The molecule has 1 aromatic heterocycles. The van der Waals surface area contributed by atoms with Gasteiger partial charge in [0.1, 0.15) is 5.82 Å². The smallest absolute Gasteiger partial charge is 0.355 e. The Morgan fingerprint density at radius 1 is 1.22 bits per heavy atom. The van der Waals surface area contributed by atoms with Crippen LogP contribution in [0.15, 0.2) is 18.3 Å². The molecule has 2 N–H and O–H groups in total. The van der Waals surface area contributed by atoms with Crippen LogP contribution >= 0.6 is 0 Å². The second kappa shape index (κ2) is 9.03. The number of amides is 3. The Hall–Kier alpha value is -2.36. The first-order valence-corrected chi connectivity index (χ1v) is 8.83. The SMILES string of the molecule is CCNC(=O)NC(=O)[C@@H](C)N1CCCN(c2ccc(C(F)(F)F)cn2)CC1. The summed E-state index contributed by atoms with van der Waals surface area (Å²) in [7, 11) is 0. The maximum Gasteiger partial charge on any atom is 0.417 e. The van der Waals surface area contributed by atoms with Crippen LogP contribution in [0, 0.1) is 0 Å². The van der Waals surface area contributed by atoms with Crippen LogP contribution in [-0.4, -0.2) is 60.6 Å². The van der Waals surface area contributed by atoms with E-state index in [1.165, 1.54) is 6.07 Å². The van der Waals surface area contributed by atoms with Crippen LogP contribution in [0.25, 0.3) is 0 Å². The summed E-state index contributed by atoms with van der Waals surface area (Å²) in [6.07, 6.45) is -2.85. The molecule has 2 heterocycles. The van der Waals surface area contributed by atoms with Crippen LogP contribution in [0.3, 0.4) is 0 Å². The minimum absolute atomic E-state index is 0.387. The second-order valence-electron chi connectivity index (χ2n) is 6.30. The number of aromatic nitrogens is 1. The molecule has 1 aliphatic heterocycles. The van der Waals surface area contributed by atoms with Crippen LogP contribution < -0.4 is 15.5 Å². The fraction of sp³-hybridized carbons (Fsp3) is 0.588. The van der Waals surface area contributed by atoms with Gasteiger partial charge in [0.15, 0.2) is 0 Å². The lowest BCUT2D eigenvalue weighted by atomic mass is 10.2. The number of carbonyl (C=O) groups excluding carboxylic acids is 2. The Morgan fingerprint density at radius 2 is 1.96 bits per heavy atom. The van der Waals surface area contributed by atoms with Crippen molar-refractivity contribution < 1.29 is 22.8 Å². The number of hydrogen-bond acceptors (Lipinski definition) is 5. The van der Waals surface area contributed by atoms with E-state index in [1.807, 2.05) is 9.80 Å². The van der Waals surface area contributed by atoms with Gasteiger partial charge in [-0.2, -0.15) is 13.2 Å². The molecule has 0 spiro atoms. The molecule has 1 aliphatic rings. The van der Waals surface area contributed by atoms with Crippen molar-refractivity contribution in [3.63, 3.8) is 0 Å². The first-order valence-electron chi connectivity index (χ1n) is 8.83. The van der Waals surface area contributed by atoms with Gasteiger partial charge in [-0.15, -0.1) is 0 Å². The third-order valence-corrected chi connectivity index (χ3v) is 4.43. The fourth-order valence-electron chi connectivity index (χ4n) is 2.88. The molecular formula is C17H24F3N5O2. The highest BCUT2D eigenvalue weighted by Gasteiger charge is 2.31. The summed E-state index contributed by atoms with van der Waals surface area (Å²) in [5.41, 5.74) is -0.779. The number of imide groups is 1. The quantitative estimate of drug-likeness (QED) is 0.825. The van der Waals surface area contributed by atoms with Crippen LogP contribution in [0.5, 0.6) is 0 Å². The number of pyridine rings is 1. The maximum absolute atomic E-state index is 12.7. The maximum atomic E-state index is 12.7. The van der Waals surface area contributed by atoms with Gasteiger partial charge in [-0.25, -0.2) is 9.78 Å². The summed E-state index contributed by atoms with van der Waals surface area (Å²) in [5.74, 6) is 0.0892. The average molecular weight is 387 g/mol. The van der Waals surface area contributed by atoms with Gasteiger partial charge in [0.05, 0.1) is 11.6 Å². The lowest BCUT2D eigenvalue weighted by molar-refractivity contribution is -0.137. The number of halogens is 3. The summed E-state index contributed by atoms with van der Waals surface area (Å²) in [4.78, 5) is 31.4. The van der Waals surface area contributed by atoms with Crippen molar-refractivity contribution in [1.29, 1.82) is 0 Å². The van der Waals surface area contributed by atoms with E-state index in [2.05, 4.69) is 15.6 Å². The van der Waals surface area contributed by atoms with E-state index in [-0.39, 0.29) is 5.91 Å². The second-order valence-corrected chi connectivity index (χ2v) is 6.30. The number of alkyl halides is 3. The van der Waals surface area contributed by atoms with Crippen molar-refractivity contribution in [2.75, 3.05) is 37.6 Å². The molecule has 10 heteroatoms. The molecule has 0 unspecified atom stereocenters. The Bertz CT molecular complexity index is 651. The minimum atomic E-state index is -4.41.